The van der Waals surface area contributed by atoms with Crippen LogP contribution in [0.25, 0.3) is 0 Å². The van der Waals surface area contributed by atoms with Crippen LogP contribution < -0.4 is 9.47 Å². The second-order valence-corrected chi connectivity index (χ2v) is 4.88. The summed E-state index contributed by atoms with van der Waals surface area (Å²) >= 11 is 0. The average Bonchev–Trinajstić information content (AvgIpc) is 2.92. The van der Waals surface area contributed by atoms with Crippen molar-refractivity contribution in [3.05, 3.63) is 46.9 Å². The van der Waals surface area contributed by atoms with Gasteiger partial charge in [0, 0.05) is 5.56 Å². The lowest BCUT2D eigenvalue weighted by Gasteiger charge is -2.10. The van der Waals surface area contributed by atoms with Crippen molar-refractivity contribution >= 4 is 11.8 Å². The predicted octanol–water partition coefficient (Wildman–Crippen LogP) is 3.16. The van der Waals surface area contributed by atoms with Crippen LogP contribution >= 0.6 is 0 Å². The van der Waals surface area contributed by atoms with Gasteiger partial charge in [-0.2, -0.15) is 0 Å². The van der Waals surface area contributed by atoms with Crippen molar-refractivity contribution in [3.63, 3.8) is 0 Å². The summed E-state index contributed by atoms with van der Waals surface area (Å²) in [6.07, 6.45) is 0. The Bertz CT molecular complexity index is 729. The van der Waals surface area contributed by atoms with E-state index in [9.17, 15) is 9.59 Å². The fraction of sp³-hybridized carbons (Fsp3) is 0.294. The molecule has 0 amide bonds. The van der Waals surface area contributed by atoms with Crippen LogP contribution in [-0.4, -0.2) is 26.0 Å². The lowest BCUT2D eigenvalue weighted by molar-refractivity contribution is 0.0598. The highest BCUT2D eigenvalue weighted by Crippen LogP contribution is 2.29. The molecule has 122 valence electrons. The van der Waals surface area contributed by atoms with Crippen LogP contribution in [-0.2, 0) is 11.3 Å². The van der Waals surface area contributed by atoms with Crippen molar-refractivity contribution in [1.82, 2.24) is 0 Å². The molecule has 0 N–H and O–H groups in total. The molecular formula is C17H18O6. The smallest absolute Gasteiger partial charge is 0.341 e. The summed E-state index contributed by atoms with van der Waals surface area (Å²) in [5.41, 5.74) is 0.904. The van der Waals surface area contributed by atoms with Gasteiger partial charge in [-0.15, -0.1) is 0 Å². The number of methoxy groups -OCH3 is 2. The van der Waals surface area contributed by atoms with Gasteiger partial charge in [-0.25, -0.2) is 4.79 Å². The Balaban J connectivity index is 2.15. The largest absolute Gasteiger partial charge is 0.493 e. The van der Waals surface area contributed by atoms with E-state index in [1.165, 1.54) is 21.1 Å². The molecule has 0 radical (unpaired) electrons. The molecule has 2 rings (SSSR count). The highest BCUT2D eigenvalue weighted by Gasteiger charge is 2.16. The minimum atomic E-state index is -0.458. The summed E-state index contributed by atoms with van der Waals surface area (Å²) in [7, 11) is 2.81. The molecule has 6 nitrogen and oxygen atoms in total. The highest BCUT2D eigenvalue weighted by molar-refractivity contribution is 5.94. The second kappa shape index (κ2) is 7.00. The van der Waals surface area contributed by atoms with Crippen LogP contribution in [0.3, 0.4) is 0 Å². The third-order valence-corrected chi connectivity index (χ3v) is 3.31. The van der Waals surface area contributed by atoms with E-state index >= 15 is 0 Å². The monoisotopic (exact) mass is 318 g/mol. The lowest BCUT2D eigenvalue weighted by atomic mass is 10.1. The summed E-state index contributed by atoms with van der Waals surface area (Å²) in [6.45, 7) is 3.28. The lowest BCUT2D eigenvalue weighted by Crippen LogP contribution is -2.01. The molecule has 0 bridgehead atoms. The maximum atomic E-state index is 11.5. The summed E-state index contributed by atoms with van der Waals surface area (Å²) in [4.78, 5) is 22.9. The Morgan fingerprint density at radius 1 is 1.13 bits per heavy atom. The van der Waals surface area contributed by atoms with Crippen LogP contribution in [0.2, 0.25) is 0 Å². The Morgan fingerprint density at radius 3 is 2.48 bits per heavy atom. The van der Waals surface area contributed by atoms with Crippen molar-refractivity contribution in [2.45, 2.75) is 20.5 Å². The van der Waals surface area contributed by atoms with Crippen LogP contribution in [0, 0.1) is 6.92 Å². The first-order valence-electron chi connectivity index (χ1n) is 6.95. The van der Waals surface area contributed by atoms with Gasteiger partial charge in [-0.05, 0) is 38.1 Å². The molecule has 0 atom stereocenters. The van der Waals surface area contributed by atoms with E-state index < -0.39 is 5.97 Å². The number of benzene rings is 1. The van der Waals surface area contributed by atoms with Crippen molar-refractivity contribution in [1.29, 1.82) is 0 Å². The molecule has 0 spiro atoms. The number of ketones is 1. The fourth-order valence-electron chi connectivity index (χ4n) is 2.08. The first-order valence-corrected chi connectivity index (χ1v) is 6.95. The van der Waals surface area contributed by atoms with Gasteiger partial charge in [-0.1, -0.05) is 0 Å². The zero-order valence-electron chi connectivity index (χ0n) is 13.5. The van der Waals surface area contributed by atoms with Crippen molar-refractivity contribution in [2.75, 3.05) is 14.2 Å². The van der Waals surface area contributed by atoms with E-state index in [0.29, 0.717) is 34.1 Å². The van der Waals surface area contributed by atoms with Gasteiger partial charge in [0.1, 0.15) is 23.7 Å². The molecule has 1 aromatic heterocycles. The molecule has 23 heavy (non-hydrogen) atoms. The molecule has 0 aliphatic heterocycles. The van der Waals surface area contributed by atoms with E-state index in [4.69, 9.17) is 13.9 Å². The molecule has 0 saturated carbocycles. The third-order valence-electron chi connectivity index (χ3n) is 3.31. The third kappa shape index (κ3) is 3.71. The minimum Gasteiger partial charge on any atom is -0.493 e. The van der Waals surface area contributed by atoms with Gasteiger partial charge >= 0.3 is 5.97 Å². The predicted molar refractivity (Wildman–Crippen MR) is 82.1 cm³/mol. The average molecular weight is 318 g/mol. The minimum absolute atomic E-state index is 0.0563. The van der Waals surface area contributed by atoms with Gasteiger partial charge in [-0.3, -0.25) is 4.79 Å². The molecule has 6 heteroatoms. The van der Waals surface area contributed by atoms with Crippen LogP contribution in [0.15, 0.2) is 28.7 Å². The van der Waals surface area contributed by atoms with Crippen molar-refractivity contribution in [2.24, 2.45) is 0 Å². The molecule has 0 fully saturated rings. The first kappa shape index (κ1) is 16.6. The number of hydrogen-bond acceptors (Lipinski definition) is 6. The standard InChI is InChI=1S/C17H18O6/c1-10(18)12-5-6-15(16(7-12)20-3)22-9-13-8-14(11(2)23-13)17(19)21-4/h5-8H,9H2,1-4H3. The second-order valence-electron chi connectivity index (χ2n) is 4.88. The number of carbonyl (C=O) groups is 2. The normalized spacial score (nSPS) is 10.3. The first-order chi connectivity index (χ1) is 11.0. The molecule has 2 aromatic rings. The quantitative estimate of drug-likeness (QED) is 0.601. The number of aryl methyl sites for hydroxylation is 1. The molecule has 0 unspecified atom stereocenters. The Kier molecular flexibility index (Phi) is 5.05. The van der Waals surface area contributed by atoms with Crippen LogP contribution in [0.5, 0.6) is 11.5 Å². The Morgan fingerprint density at radius 2 is 1.87 bits per heavy atom. The van der Waals surface area contributed by atoms with Gasteiger partial charge in [0.05, 0.1) is 14.2 Å². The van der Waals surface area contributed by atoms with E-state index in [0.717, 1.165) is 0 Å². The van der Waals surface area contributed by atoms with E-state index in [1.807, 2.05) is 0 Å². The summed E-state index contributed by atoms with van der Waals surface area (Å²) in [5.74, 6) is 1.37. The number of Topliss-reactive ketones (excluding diaryl/α,β-unsaturated/α-hetero) is 1. The maximum Gasteiger partial charge on any atom is 0.341 e. The van der Waals surface area contributed by atoms with Gasteiger partial charge < -0.3 is 18.6 Å². The Labute approximate surface area is 134 Å². The molecule has 1 heterocycles. The van der Waals surface area contributed by atoms with Gasteiger partial charge in [0.2, 0.25) is 0 Å². The zero-order valence-corrected chi connectivity index (χ0v) is 13.5. The fourth-order valence-corrected chi connectivity index (χ4v) is 2.08. The zero-order chi connectivity index (χ0) is 17.0. The van der Waals surface area contributed by atoms with Crippen LogP contribution in [0.1, 0.15) is 39.2 Å². The SMILES string of the molecule is COC(=O)c1cc(COc2ccc(C(C)=O)cc2OC)oc1C. The molecule has 0 aliphatic carbocycles. The number of furan rings is 1. The molecular weight excluding hydrogens is 300 g/mol. The number of hydrogen-bond donors (Lipinski definition) is 0. The van der Waals surface area contributed by atoms with Gasteiger partial charge in [0.25, 0.3) is 0 Å². The number of esters is 1. The van der Waals surface area contributed by atoms with Crippen LogP contribution in [0.4, 0.5) is 0 Å². The number of carbonyl (C=O) groups excluding carboxylic acids is 2. The molecule has 0 aliphatic rings. The van der Waals surface area contributed by atoms with Crippen molar-refractivity contribution < 1.29 is 28.2 Å². The summed E-state index contributed by atoms with van der Waals surface area (Å²) in [6, 6.07) is 6.52. The highest BCUT2D eigenvalue weighted by atomic mass is 16.5. The van der Waals surface area contributed by atoms with E-state index in [2.05, 4.69) is 4.74 Å². The number of ether oxygens (including phenoxy) is 3. The summed E-state index contributed by atoms with van der Waals surface area (Å²) < 4.78 is 21.0. The molecule has 1 aromatic carbocycles. The van der Waals surface area contributed by atoms with Gasteiger partial charge in [0.15, 0.2) is 17.3 Å². The summed E-state index contributed by atoms with van der Waals surface area (Å²) in [5, 5.41) is 0. The van der Waals surface area contributed by atoms with Crippen molar-refractivity contribution in [3.8, 4) is 11.5 Å². The van der Waals surface area contributed by atoms with E-state index in [-0.39, 0.29) is 12.4 Å². The Hall–Kier alpha value is -2.76. The van der Waals surface area contributed by atoms with E-state index in [1.54, 1.807) is 31.2 Å². The maximum absolute atomic E-state index is 11.5. The topological polar surface area (TPSA) is 75.0 Å². The molecule has 0 saturated heterocycles. The number of rotatable bonds is 6.